The van der Waals surface area contributed by atoms with Gasteiger partial charge in [0.25, 0.3) is 5.91 Å². The number of nitrogens with zero attached hydrogens (tertiary/aromatic N) is 1. The summed E-state index contributed by atoms with van der Waals surface area (Å²) in [7, 11) is 0. The van der Waals surface area contributed by atoms with Crippen LogP contribution in [0.1, 0.15) is 29.6 Å². The van der Waals surface area contributed by atoms with E-state index in [0.717, 1.165) is 19.4 Å². The predicted molar refractivity (Wildman–Crippen MR) is 108 cm³/mol. The van der Waals surface area contributed by atoms with Gasteiger partial charge < -0.3 is 21.1 Å². The molecule has 1 unspecified atom stereocenters. The SMILES string of the molecule is NC(=O)CN1CCCC2(C/C=C\COc3ccccc3C(=O)NCCNC2=O)C1. The van der Waals surface area contributed by atoms with E-state index in [9.17, 15) is 14.4 Å². The number of ether oxygens (including phenoxy) is 1. The number of hydrogen-bond donors (Lipinski definition) is 3. The average molecular weight is 400 g/mol. The lowest BCUT2D eigenvalue weighted by Gasteiger charge is -2.41. The van der Waals surface area contributed by atoms with Crippen molar-refractivity contribution in [3.05, 3.63) is 42.0 Å². The van der Waals surface area contributed by atoms with E-state index in [0.29, 0.717) is 44.0 Å². The third kappa shape index (κ3) is 5.35. The van der Waals surface area contributed by atoms with E-state index in [-0.39, 0.29) is 18.4 Å². The molecule has 8 heteroatoms. The molecule has 3 amide bonds. The fraction of sp³-hybridized carbons (Fsp3) is 0.476. The molecule has 0 radical (unpaired) electrons. The fourth-order valence-electron chi connectivity index (χ4n) is 3.96. The van der Waals surface area contributed by atoms with Gasteiger partial charge in [-0.2, -0.15) is 0 Å². The zero-order chi connectivity index (χ0) is 20.7. The second-order valence-corrected chi connectivity index (χ2v) is 7.56. The van der Waals surface area contributed by atoms with Crippen LogP contribution in [0, 0.1) is 5.41 Å². The summed E-state index contributed by atoms with van der Waals surface area (Å²) in [6, 6.07) is 7.08. The maximum atomic E-state index is 13.0. The third-order valence-corrected chi connectivity index (χ3v) is 5.36. The van der Waals surface area contributed by atoms with Gasteiger partial charge in [-0.15, -0.1) is 0 Å². The number of piperidine rings is 1. The molecule has 0 aromatic heterocycles. The van der Waals surface area contributed by atoms with E-state index >= 15 is 0 Å². The third-order valence-electron chi connectivity index (χ3n) is 5.36. The monoisotopic (exact) mass is 400 g/mol. The van der Waals surface area contributed by atoms with Crippen molar-refractivity contribution in [3.8, 4) is 5.75 Å². The topological polar surface area (TPSA) is 114 Å². The number of rotatable bonds is 2. The van der Waals surface area contributed by atoms with Crippen LogP contribution in [0.4, 0.5) is 0 Å². The van der Waals surface area contributed by atoms with Gasteiger partial charge in [0.05, 0.1) is 17.5 Å². The van der Waals surface area contributed by atoms with Crippen LogP contribution in [-0.4, -0.2) is 62.0 Å². The van der Waals surface area contributed by atoms with Crippen molar-refractivity contribution < 1.29 is 19.1 Å². The highest BCUT2D eigenvalue weighted by molar-refractivity contribution is 5.97. The minimum Gasteiger partial charge on any atom is -0.489 e. The standard InChI is InChI=1S/C21H28N4O4/c22-18(26)14-25-12-5-9-21(15-25)8-3-4-13-29-17-7-2-1-6-16(17)19(27)23-10-11-24-20(21)28/h1-4,6-7H,5,8-15H2,(H2,22,26)(H,23,27)(H,24,28)/b4-3-. The Morgan fingerprint density at radius 2 is 1.97 bits per heavy atom. The van der Waals surface area contributed by atoms with Gasteiger partial charge in [0.2, 0.25) is 11.8 Å². The van der Waals surface area contributed by atoms with Crippen molar-refractivity contribution in [2.45, 2.75) is 19.3 Å². The number of likely N-dealkylation sites (tertiary alicyclic amines) is 1. The van der Waals surface area contributed by atoms with Crippen LogP contribution >= 0.6 is 0 Å². The first kappa shape index (κ1) is 20.9. The van der Waals surface area contributed by atoms with Gasteiger partial charge in [0.1, 0.15) is 12.4 Å². The Balaban J connectivity index is 1.77. The van der Waals surface area contributed by atoms with E-state index in [4.69, 9.17) is 10.5 Å². The summed E-state index contributed by atoms with van der Waals surface area (Å²) < 4.78 is 5.76. The summed E-state index contributed by atoms with van der Waals surface area (Å²) in [4.78, 5) is 38.7. The number of para-hydroxylation sites is 1. The quantitative estimate of drug-likeness (QED) is 0.624. The average Bonchev–Trinajstić information content (AvgIpc) is 2.70. The highest BCUT2D eigenvalue weighted by Gasteiger charge is 2.41. The lowest BCUT2D eigenvalue weighted by molar-refractivity contribution is -0.135. The molecule has 3 rings (SSSR count). The Morgan fingerprint density at radius 3 is 2.79 bits per heavy atom. The molecule has 0 saturated carbocycles. The van der Waals surface area contributed by atoms with E-state index in [2.05, 4.69) is 10.6 Å². The molecule has 2 aliphatic rings. The summed E-state index contributed by atoms with van der Waals surface area (Å²) in [5.74, 6) is -0.177. The summed E-state index contributed by atoms with van der Waals surface area (Å²) in [6.07, 6.45) is 5.90. The zero-order valence-corrected chi connectivity index (χ0v) is 16.5. The number of hydrogen-bond acceptors (Lipinski definition) is 5. The number of nitrogens with two attached hydrogens (primary N) is 1. The normalized spacial score (nSPS) is 25.1. The molecule has 1 fully saturated rings. The van der Waals surface area contributed by atoms with Gasteiger partial charge in [-0.25, -0.2) is 0 Å². The van der Waals surface area contributed by atoms with Crippen LogP contribution in [0.25, 0.3) is 0 Å². The smallest absolute Gasteiger partial charge is 0.255 e. The maximum absolute atomic E-state index is 13.0. The molecule has 1 spiro atoms. The van der Waals surface area contributed by atoms with Crippen molar-refractivity contribution in [1.29, 1.82) is 0 Å². The molecular formula is C21H28N4O4. The number of fused-ring (bicyclic) bond motifs is 1. The number of carbonyl (C=O) groups is 3. The van der Waals surface area contributed by atoms with Crippen LogP contribution in [0.5, 0.6) is 5.75 Å². The Morgan fingerprint density at radius 1 is 1.17 bits per heavy atom. The van der Waals surface area contributed by atoms with Crippen molar-refractivity contribution in [2.75, 3.05) is 39.3 Å². The molecule has 1 aromatic rings. The van der Waals surface area contributed by atoms with Gasteiger partial charge in [-0.3, -0.25) is 19.3 Å². The lowest BCUT2D eigenvalue weighted by atomic mass is 9.76. The Bertz CT molecular complexity index is 795. The van der Waals surface area contributed by atoms with Crippen molar-refractivity contribution >= 4 is 17.7 Å². The van der Waals surface area contributed by atoms with Crippen molar-refractivity contribution in [2.24, 2.45) is 11.1 Å². The van der Waals surface area contributed by atoms with Gasteiger partial charge in [-0.05, 0) is 37.9 Å². The summed E-state index contributed by atoms with van der Waals surface area (Å²) >= 11 is 0. The Labute approximate surface area is 170 Å². The second-order valence-electron chi connectivity index (χ2n) is 7.56. The van der Waals surface area contributed by atoms with Gasteiger partial charge >= 0.3 is 0 Å². The number of benzene rings is 1. The molecule has 1 aromatic carbocycles. The Kier molecular flexibility index (Phi) is 6.87. The van der Waals surface area contributed by atoms with Crippen LogP contribution in [-0.2, 0) is 9.59 Å². The van der Waals surface area contributed by atoms with Crippen LogP contribution in [0.2, 0.25) is 0 Å². The fourth-order valence-corrected chi connectivity index (χ4v) is 3.96. The van der Waals surface area contributed by atoms with E-state index in [1.54, 1.807) is 18.2 Å². The molecule has 8 nitrogen and oxygen atoms in total. The molecule has 156 valence electrons. The number of amides is 3. The van der Waals surface area contributed by atoms with Gasteiger partial charge in [0.15, 0.2) is 0 Å². The molecule has 1 saturated heterocycles. The Hall–Kier alpha value is -2.87. The maximum Gasteiger partial charge on any atom is 0.255 e. The van der Waals surface area contributed by atoms with E-state index < -0.39 is 11.3 Å². The molecule has 29 heavy (non-hydrogen) atoms. The number of nitrogens with one attached hydrogen (secondary N) is 2. The van der Waals surface area contributed by atoms with Crippen LogP contribution < -0.4 is 21.1 Å². The first-order valence-corrected chi connectivity index (χ1v) is 9.94. The lowest BCUT2D eigenvalue weighted by Crippen LogP contribution is -2.54. The zero-order valence-electron chi connectivity index (χ0n) is 16.5. The second kappa shape index (κ2) is 9.56. The minimum absolute atomic E-state index is 0.0658. The number of carbonyl (C=O) groups excluding carboxylic acids is 3. The minimum atomic E-state index is -0.629. The first-order valence-electron chi connectivity index (χ1n) is 9.94. The number of primary amides is 1. The summed E-state index contributed by atoms with van der Waals surface area (Å²) in [5, 5.41) is 5.77. The number of allylic oxidation sites excluding steroid dienone is 1. The molecule has 4 N–H and O–H groups in total. The van der Waals surface area contributed by atoms with Crippen LogP contribution in [0.15, 0.2) is 36.4 Å². The van der Waals surface area contributed by atoms with Gasteiger partial charge in [-0.1, -0.05) is 24.3 Å². The van der Waals surface area contributed by atoms with Crippen molar-refractivity contribution in [3.63, 3.8) is 0 Å². The predicted octanol–water partition coefficient (Wildman–Crippen LogP) is 0.439. The molecular weight excluding hydrogens is 372 g/mol. The van der Waals surface area contributed by atoms with Crippen molar-refractivity contribution in [1.82, 2.24) is 15.5 Å². The van der Waals surface area contributed by atoms with Crippen LogP contribution in [0.3, 0.4) is 0 Å². The summed E-state index contributed by atoms with van der Waals surface area (Å²) in [5.41, 5.74) is 5.19. The molecule has 2 heterocycles. The molecule has 1 atom stereocenters. The van der Waals surface area contributed by atoms with Gasteiger partial charge in [0, 0.05) is 19.6 Å². The highest BCUT2D eigenvalue weighted by atomic mass is 16.5. The van der Waals surface area contributed by atoms with E-state index in [1.165, 1.54) is 0 Å². The molecule has 2 aliphatic heterocycles. The largest absolute Gasteiger partial charge is 0.489 e. The molecule has 0 bridgehead atoms. The highest BCUT2D eigenvalue weighted by Crippen LogP contribution is 2.34. The summed E-state index contributed by atoms with van der Waals surface area (Å²) in [6.45, 7) is 2.31. The van der Waals surface area contributed by atoms with E-state index in [1.807, 2.05) is 23.1 Å². The first-order chi connectivity index (χ1) is 14.0. The molecule has 0 aliphatic carbocycles.